The van der Waals surface area contributed by atoms with Crippen LogP contribution in [0.3, 0.4) is 0 Å². The minimum Gasteiger partial charge on any atom is -0.488 e. The highest BCUT2D eigenvalue weighted by Gasteiger charge is 2.42. The van der Waals surface area contributed by atoms with Crippen molar-refractivity contribution in [2.45, 2.75) is 50.7 Å². The van der Waals surface area contributed by atoms with Gasteiger partial charge in [0.15, 0.2) is 17.4 Å². The maximum absolute atomic E-state index is 14.7. The van der Waals surface area contributed by atoms with E-state index in [2.05, 4.69) is 27.7 Å². The lowest BCUT2D eigenvalue weighted by Crippen LogP contribution is -2.57. The molecule has 204 valence electrons. The van der Waals surface area contributed by atoms with Gasteiger partial charge in [-0.05, 0) is 74.5 Å². The standard InChI is InChI=1S/C30H30F3N3O3/c1-3-39-27-25(32)22(16-23(31)26(27)33)28(37)34-21-11-9-20(10-12-21)30(13-6-14-30)35-29(38)24-15-18-7-4-5-8-19(18)17-36(24)2/h4-5,7-12,16,24H,3,6,13-15,17H2,1-2H3,(H,34,37)(H,35,38). The van der Waals surface area contributed by atoms with E-state index in [-0.39, 0.29) is 18.6 Å². The fourth-order valence-corrected chi connectivity index (χ4v) is 5.37. The van der Waals surface area contributed by atoms with Crippen molar-refractivity contribution in [3.05, 3.63) is 94.3 Å². The molecular formula is C30H30F3N3O3. The van der Waals surface area contributed by atoms with E-state index in [0.29, 0.717) is 24.7 Å². The first-order valence-corrected chi connectivity index (χ1v) is 13.0. The van der Waals surface area contributed by atoms with Gasteiger partial charge in [0.05, 0.1) is 23.8 Å². The number of rotatable bonds is 7. The van der Waals surface area contributed by atoms with Gasteiger partial charge in [0, 0.05) is 12.2 Å². The lowest BCUT2D eigenvalue weighted by Gasteiger charge is -2.45. The molecule has 2 N–H and O–H groups in total. The number of nitrogens with zero attached hydrogens (tertiary/aromatic N) is 1. The van der Waals surface area contributed by atoms with Gasteiger partial charge in [-0.25, -0.2) is 8.78 Å². The minimum absolute atomic E-state index is 0.0250. The van der Waals surface area contributed by atoms with Gasteiger partial charge in [-0.3, -0.25) is 14.5 Å². The number of likely N-dealkylation sites (N-methyl/N-ethyl adjacent to an activating group) is 1. The number of carbonyl (C=O) groups is 2. The topological polar surface area (TPSA) is 70.7 Å². The molecule has 1 saturated carbocycles. The number of nitrogens with one attached hydrogen (secondary N) is 2. The van der Waals surface area contributed by atoms with Crippen LogP contribution >= 0.6 is 0 Å². The summed E-state index contributed by atoms with van der Waals surface area (Å²) in [4.78, 5) is 28.2. The fraction of sp³-hybridized carbons (Fsp3) is 0.333. The molecule has 39 heavy (non-hydrogen) atoms. The number of halogens is 3. The first-order valence-electron chi connectivity index (χ1n) is 13.0. The first-order chi connectivity index (χ1) is 18.7. The van der Waals surface area contributed by atoms with Gasteiger partial charge in [0.1, 0.15) is 0 Å². The van der Waals surface area contributed by atoms with E-state index >= 15 is 0 Å². The Morgan fingerprint density at radius 3 is 2.36 bits per heavy atom. The molecule has 6 nitrogen and oxygen atoms in total. The molecule has 1 fully saturated rings. The number of ether oxygens (including phenoxy) is 1. The molecule has 0 radical (unpaired) electrons. The smallest absolute Gasteiger partial charge is 0.258 e. The summed E-state index contributed by atoms with van der Waals surface area (Å²) < 4.78 is 47.4. The van der Waals surface area contributed by atoms with Gasteiger partial charge in [0.25, 0.3) is 5.91 Å². The van der Waals surface area contributed by atoms with Gasteiger partial charge in [-0.2, -0.15) is 4.39 Å². The van der Waals surface area contributed by atoms with Crippen LogP contribution in [0.5, 0.6) is 5.75 Å². The van der Waals surface area contributed by atoms with Crippen molar-refractivity contribution in [1.82, 2.24) is 10.2 Å². The third-order valence-corrected chi connectivity index (χ3v) is 7.70. The zero-order valence-corrected chi connectivity index (χ0v) is 21.8. The highest BCUT2D eigenvalue weighted by atomic mass is 19.2. The van der Waals surface area contributed by atoms with Gasteiger partial charge in [-0.15, -0.1) is 0 Å². The largest absolute Gasteiger partial charge is 0.488 e. The lowest BCUT2D eigenvalue weighted by atomic mass is 9.71. The summed E-state index contributed by atoms with van der Waals surface area (Å²) in [6.45, 7) is 2.11. The van der Waals surface area contributed by atoms with Crippen LogP contribution in [0.1, 0.15) is 53.2 Å². The monoisotopic (exact) mass is 537 g/mol. The minimum atomic E-state index is -1.48. The highest BCUT2D eigenvalue weighted by Crippen LogP contribution is 2.42. The molecular weight excluding hydrogens is 507 g/mol. The fourth-order valence-electron chi connectivity index (χ4n) is 5.37. The summed E-state index contributed by atoms with van der Waals surface area (Å²) in [5.41, 5.74) is 2.49. The number of fused-ring (bicyclic) bond motifs is 1. The zero-order chi connectivity index (χ0) is 27.7. The SMILES string of the molecule is CCOc1c(F)c(F)cc(C(=O)Nc2ccc(C3(NC(=O)C4Cc5ccccc5CN4C)CCC3)cc2)c1F. The molecule has 3 aromatic carbocycles. The summed E-state index contributed by atoms with van der Waals surface area (Å²) in [7, 11) is 1.96. The molecule has 9 heteroatoms. The Balaban J connectivity index is 1.29. The second kappa shape index (κ2) is 10.7. The molecule has 5 rings (SSSR count). The maximum Gasteiger partial charge on any atom is 0.258 e. The van der Waals surface area contributed by atoms with E-state index in [4.69, 9.17) is 4.74 Å². The number of hydrogen-bond donors (Lipinski definition) is 2. The first kappa shape index (κ1) is 26.7. The maximum atomic E-state index is 14.7. The normalized spacial score (nSPS) is 18.0. The third-order valence-electron chi connectivity index (χ3n) is 7.70. The van der Waals surface area contributed by atoms with Gasteiger partial charge in [0.2, 0.25) is 11.7 Å². The second-order valence-electron chi connectivity index (χ2n) is 10.2. The van der Waals surface area contributed by atoms with Crippen LogP contribution in [0.15, 0.2) is 54.6 Å². The van der Waals surface area contributed by atoms with E-state index < -0.39 is 40.2 Å². The van der Waals surface area contributed by atoms with Crippen molar-refractivity contribution in [3.63, 3.8) is 0 Å². The number of amides is 2. The molecule has 0 saturated heterocycles. The summed E-state index contributed by atoms with van der Waals surface area (Å²) >= 11 is 0. The quantitative estimate of drug-likeness (QED) is 0.401. The molecule has 2 amide bonds. The van der Waals surface area contributed by atoms with Crippen molar-refractivity contribution in [3.8, 4) is 5.75 Å². The average molecular weight is 538 g/mol. The van der Waals surface area contributed by atoms with Crippen LogP contribution in [-0.2, 0) is 23.3 Å². The molecule has 1 unspecified atom stereocenters. The van der Waals surface area contributed by atoms with Gasteiger partial charge in [-0.1, -0.05) is 36.4 Å². The van der Waals surface area contributed by atoms with Gasteiger partial charge >= 0.3 is 0 Å². The Hall–Kier alpha value is -3.85. The van der Waals surface area contributed by atoms with E-state index in [1.54, 1.807) is 12.1 Å². The summed E-state index contributed by atoms with van der Waals surface area (Å²) in [6, 6.07) is 15.3. The van der Waals surface area contributed by atoms with Crippen molar-refractivity contribution >= 4 is 17.5 Å². The molecule has 1 atom stereocenters. The molecule has 0 bridgehead atoms. The van der Waals surface area contributed by atoms with Crippen LogP contribution in [0.25, 0.3) is 0 Å². The molecule has 1 aliphatic carbocycles. The Morgan fingerprint density at radius 1 is 1.03 bits per heavy atom. The molecule has 0 aromatic heterocycles. The highest BCUT2D eigenvalue weighted by molar-refractivity contribution is 6.04. The lowest BCUT2D eigenvalue weighted by molar-refractivity contribution is -0.129. The van der Waals surface area contributed by atoms with Crippen molar-refractivity contribution < 1.29 is 27.5 Å². The Kier molecular flexibility index (Phi) is 7.36. The number of anilines is 1. The number of hydrogen-bond acceptors (Lipinski definition) is 4. The van der Waals surface area contributed by atoms with Crippen LogP contribution in [-0.4, -0.2) is 36.4 Å². The summed E-state index contributed by atoms with van der Waals surface area (Å²) in [5.74, 6) is -6.01. The Morgan fingerprint density at radius 2 is 1.72 bits per heavy atom. The van der Waals surface area contributed by atoms with Crippen LogP contribution in [0.4, 0.5) is 18.9 Å². The van der Waals surface area contributed by atoms with Crippen molar-refractivity contribution in [2.24, 2.45) is 0 Å². The summed E-state index contributed by atoms with van der Waals surface area (Å²) in [5, 5.41) is 5.81. The van der Waals surface area contributed by atoms with Gasteiger partial charge < -0.3 is 15.4 Å². The predicted octanol–water partition coefficient (Wildman–Crippen LogP) is 5.31. The Labute approximate surface area is 225 Å². The molecule has 1 heterocycles. The van der Waals surface area contributed by atoms with E-state index in [1.807, 2.05) is 31.3 Å². The van der Waals surface area contributed by atoms with E-state index in [1.165, 1.54) is 18.1 Å². The second-order valence-corrected chi connectivity index (χ2v) is 10.2. The average Bonchev–Trinajstić information content (AvgIpc) is 2.90. The van der Waals surface area contributed by atoms with Crippen molar-refractivity contribution in [1.29, 1.82) is 0 Å². The number of carbonyl (C=O) groups excluding carboxylic acids is 2. The summed E-state index contributed by atoms with van der Waals surface area (Å²) in [6.07, 6.45) is 3.19. The molecule has 0 spiro atoms. The zero-order valence-electron chi connectivity index (χ0n) is 21.8. The van der Waals surface area contributed by atoms with Crippen molar-refractivity contribution in [2.75, 3.05) is 19.0 Å². The number of benzene rings is 3. The third kappa shape index (κ3) is 5.11. The van der Waals surface area contributed by atoms with Crippen LogP contribution in [0.2, 0.25) is 0 Å². The van der Waals surface area contributed by atoms with Crippen LogP contribution in [0, 0.1) is 17.5 Å². The molecule has 1 aliphatic heterocycles. The molecule has 3 aromatic rings. The van der Waals surface area contributed by atoms with E-state index in [9.17, 15) is 22.8 Å². The van der Waals surface area contributed by atoms with Crippen LogP contribution < -0.4 is 15.4 Å². The van der Waals surface area contributed by atoms with E-state index in [0.717, 1.165) is 24.8 Å². The Bertz CT molecular complexity index is 1410. The predicted molar refractivity (Wildman–Crippen MR) is 141 cm³/mol. The molecule has 2 aliphatic rings.